The van der Waals surface area contributed by atoms with E-state index in [9.17, 15) is 9.18 Å². The molecule has 1 aliphatic heterocycles. The normalized spacial score (nSPS) is 13.9. The quantitative estimate of drug-likeness (QED) is 0.733. The number of hydrogen-bond donors (Lipinski definition) is 0. The molecule has 2 aromatic carbocycles. The number of hydrogen-bond acceptors (Lipinski definition) is 3. The lowest BCUT2D eigenvalue weighted by atomic mass is 10.1. The maximum absolute atomic E-state index is 13.1. The topological polar surface area (TPSA) is 32.7 Å². The highest BCUT2D eigenvalue weighted by Crippen LogP contribution is 2.23. The van der Waals surface area contributed by atoms with Gasteiger partial charge >= 0.3 is 0 Å². The maximum Gasteiger partial charge on any atom is 0.252 e. The Morgan fingerprint density at radius 2 is 2.04 bits per heavy atom. The van der Waals surface area contributed by atoms with Gasteiger partial charge in [-0.05, 0) is 23.3 Å². The number of rotatable bonds is 5. The minimum Gasteiger partial charge on any atom is -0.272 e. The lowest BCUT2D eigenvalue weighted by Crippen LogP contribution is -2.25. The minimum atomic E-state index is -0.272. The van der Waals surface area contributed by atoms with E-state index in [0.29, 0.717) is 18.1 Å². The molecule has 1 heterocycles. The molecule has 0 bridgehead atoms. The van der Waals surface area contributed by atoms with Crippen LogP contribution in [-0.2, 0) is 10.5 Å². The third-order valence-corrected chi connectivity index (χ3v) is 5.40. The molecule has 0 aliphatic carbocycles. The van der Waals surface area contributed by atoms with E-state index in [4.69, 9.17) is 0 Å². The van der Waals surface area contributed by atoms with Crippen LogP contribution in [0.4, 0.5) is 4.39 Å². The van der Waals surface area contributed by atoms with Gasteiger partial charge in [0.1, 0.15) is 5.82 Å². The first-order chi connectivity index (χ1) is 11.6. The third kappa shape index (κ3) is 4.24. The van der Waals surface area contributed by atoms with E-state index in [-0.39, 0.29) is 11.7 Å². The van der Waals surface area contributed by atoms with Crippen LogP contribution in [0.3, 0.4) is 0 Å². The first kappa shape index (κ1) is 17.2. The first-order valence-corrected chi connectivity index (χ1v) is 9.53. The summed E-state index contributed by atoms with van der Waals surface area (Å²) < 4.78 is 13.8. The fourth-order valence-corrected chi connectivity index (χ4v) is 4.01. The number of thioether (sulfide) groups is 1. The van der Waals surface area contributed by atoms with Crippen molar-refractivity contribution in [3.05, 3.63) is 69.9 Å². The molecule has 6 heteroatoms. The van der Waals surface area contributed by atoms with Crippen molar-refractivity contribution >= 4 is 39.3 Å². The SMILES string of the molecule is O=C(CSCc1ccc(F)cc1Br)N1CCC(c2ccccc2)=N1. The summed E-state index contributed by atoms with van der Waals surface area (Å²) >= 11 is 4.85. The summed E-state index contributed by atoms with van der Waals surface area (Å²) in [4.78, 5) is 12.3. The molecule has 1 amide bonds. The van der Waals surface area contributed by atoms with Crippen molar-refractivity contribution < 1.29 is 9.18 Å². The Kier molecular flexibility index (Phi) is 5.68. The van der Waals surface area contributed by atoms with Gasteiger partial charge in [-0.2, -0.15) is 5.10 Å². The van der Waals surface area contributed by atoms with Gasteiger partial charge in [0.15, 0.2) is 0 Å². The Hall–Kier alpha value is -1.66. The van der Waals surface area contributed by atoms with Crippen LogP contribution >= 0.6 is 27.7 Å². The molecular weight excluding hydrogens is 391 g/mol. The number of carbonyl (C=O) groups excluding carboxylic acids is 1. The van der Waals surface area contributed by atoms with Crippen molar-refractivity contribution in [1.82, 2.24) is 5.01 Å². The molecule has 124 valence electrons. The van der Waals surface area contributed by atoms with Crippen LogP contribution in [0.5, 0.6) is 0 Å². The zero-order chi connectivity index (χ0) is 16.9. The van der Waals surface area contributed by atoms with Crippen molar-refractivity contribution in [1.29, 1.82) is 0 Å². The summed E-state index contributed by atoms with van der Waals surface area (Å²) in [6, 6.07) is 14.5. The smallest absolute Gasteiger partial charge is 0.252 e. The van der Waals surface area contributed by atoms with Gasteiger partial charge in [-0.1, -0.05) is 52.3 Å². The van der Waals surface area contributed by atoms with Crippen LogP contribution < -0.4 is 0 Å². The Bertz CT molecular complexity index is 767. The van der Waals surface area contributed by atoms with E-state index in [2.05, 4.69) is 21.0 Å². The largest absolute Gasteiger partial charge is 0.272 e. The highest BCUT2D eigenvalue weighted by molar-refractivity contribution is 9.10. The van der Waals surface area contributed by atoms with E-state index in [1.54, 1.807) is 11.1 Å². The van der Waals surface area contributed by atoms with Crippen LogP contribution in [0, 0.1) is 5.82 Å². The lowest BCUT2D eigenvalue weighted by molar-refractivity contribution is -0.127. The van der Waals surface area contributed by atoms with Crippen LogP contribution in [0.15, 0.2) is 58.1 Å². The van der Waals surface area contributed by atoms with Crippen molar-refractivity contribution in [3.63, 3.8) is 0 Å². The third-order valence-electron chi connectivity index (χ3n) is 3.69. The molecule has 0 unspecified atom stereocenters. The highest BCUT2D eigenvalue weighted by Gasteiger charge is 2.21. The van der Waals surface area contributed by atoms with Crippen LogP contribution in [0.2, 0.25) is 0 Å². The molecule has 0 saturated carbocycles. The van der Waals surface area contributed by atoms with E-state index < -0.39 is 0 Å². The molecule has 0 radical (unpaired) electrons. The summed E-state index contributed by atoms with van der Waals surface area (Å²) in [5.41, 5.74) is 3.00. The molecule has 0 atom stereocenters. The molecule has 0 fully saturated rings. The molecule has 3 nitrogen and oxygen atoms in total. The molecule has 0 N–H and O–H groups in total. The van der Waals surface area contributed by atoms with Crippen molar-refractivity contribution in [2.75, 3.05) is 12.3 Å². The second kappa shape index (κ2) is 7.94. The Labute approximate surface area is 153 Å². The fourth-order valence-electron chi connectivity index (χ4n) is 2.43. The van der Waals surface area contributed by atoms with Crippen LogP contribution in [0.25, 0.3) is 0 Å². The average Bonchev–Trinajstić information content (AvgIpc) is 3.08. The number of nitrogens with zero attached hydrogens (tertiary/aromatic N) is 2. The number of halogens is 2. The molecule has 0 spiro atoms. The lowest BCUT2D eigenvalue weighted by Gasteiger charge is -2.11. The maximum atomic E-state index is 13.1. The molecular formula is C18H16BrFN2OS. The summed E-state index contributed by atoms with van der Waals surface area (Å²) in [6.07, 6.45) is 0.782. The monoisotopic (exact) mass is 406 g/mol. The Balaban J connectivity index is 1.53. The number of hydrazone groups is 1. The molecule has 2 aromatic rings. The predicted molar refractivity (Wildman–Crippen MR) is 99.6 cm³/mol. The molecule has 0 aromatic heterocycles. The van der Waals surface area contributed by atoms with Gasteiger partial charge in [-0.25, -0.2) is 9.40 Å². The van der Waals surface area contributed by atoms with Gasteiger partial charge in [0.2, 0.25) is 0 Å². The fraction of sp³-hybridized carbons (Fsp3) is 0.222. The van der Waals surface area contributed by atoms with Gasteiger partial charge in [0, 0.05) is 16.6 Å². The van der Waals surface area contributed by atoms with Crippen LogP contribution in [0.1, 0.15) is 17.5 Å². The number of amides is 1. The van der Waals surface area contributed by atoms with Gasteiger partial charge in [-0.3, -0.25) is 4.79 Å². The first-order valence-electron chi connectivity index (χ1n) is 7.58. The van der Waals surface area contributed by atoms with Gasteiger partial charge in [0.25, 0.3) is 5.91 Å². The summed E-state index contributed by atoms with van der Waals surface area (Å²) in [6.45, 7) is 0.629. The van der Waals surface area contributed by atoms with Gasteiger partial charge < -0.3 is 0 Å². The van der Waals surface area contributed by atoms with E-state index in [1.807, 2.05) is 30.3 Å². The summed E-state index contributed by atoms with van der Waals surface area (Å²) in [7, 11) is 0. The highest BCUT2D eigenvalue weighted by atomic mass is 79.9. The molecule has 1 aliphatic rings. The Morgan fingerprint density at radius 3 is 2.79 bits per heavy atom. The van der Waals surface area contributed by atoms with Crippen molar-refractivity contribution in [2.24, 2.45) is 5.10 Å². The van der Waals surface area contributed by atoms with Crippen molar-refractivity contribution in [3.8, 4) is 0 Å². The minimum absolute atomic E-state index is 0.00386. The van der Waals surface area contributed by atoms with Crippen LogP contribution in [-0.4, -0.2) is 28.9 Å². The predicted octanol–water partition coefficient (Wildman–Crippen LogP) is 4.46. The molecule has 0 saturated heterocycles. The number of carbonyl (C=O) groups is 1. The summed E-state index contributed by atoms with van der Waals surface area (Å²) in [5, 5.41) is 5.99. The average molecular weight is 407 g/mol. The number of benzene rings is 2. The summed E-state index contributed by atoms with van der Waals surface area (Å²) in [5.74, 6) is 0.737. The zero-order valence-corrected chi connectivity index (χ0v) is 15.3. The Morgan fingerprint density at radius 1 is 1.25 bits per heavy atom. The van der Waals surface area contributed by atoms with Gasteiger partial charge in [0.05, 0.1) is 18.0 Å². The van der Waals surface area contributed by atoms with E-state index in [0.717, 1.165) is 27.7 Å². The molecule has 3 rings (SSSR count). The van der Waals surface area contributed by atoms with Crippen molar-refractivity contribution in [2.45, 2.75) is 12.2 Å². The van der Waals surface area contributed by atoms with E-state index in [1.165, 1.54) is 23.9 Å². The zero-order valence-electron chi connectivity index (χ0n) is 12.9. The second-order valence-electron chi connectivity index (χ2n) is 5.41. The van der Waals surface area contributed by atoms with Gasteiger partial charge in [-0.15, -0.1) is 11.8 Å². The van der Waals surface area contributed by atoms with E-state index >= 15 is 0 Å². The molecule has 24 heavy (non-hydrogen) atoms. The standard InChI is InChI=1S/C18H16BrFN2OS/c19-16-10-15(20)7-6-14(16)11-24-12-18(23)22-9-8-17(21-22)13-4-2-1-3-5-13/h1-7,10H,8-9,11-12H2. The second-order valence-corrected chi connectivity index (χ2v) is 7.25.